The van der Waals surface area contributed by atoms with Crippen molar-refractivity contribution in [3.63, 3.8) is 0 Å². The average molecular weight is 291 g/mol. The first kappa shape index (κ1) is 12.9. The van der Waals surface area contributed by atoms with E-state index in [-0.39, 0.29) is 0 Å². The smallest absolute Gasteiger partial charge is 0.0410 e. The van der Waals surface area contributed by atoms with Crippen LogP contribution in [-0.4, -0.2) is 13.6 Å². The van der Waals surface area contributed by atoms with Crippen molar-refractivity contribution in [1.82, 2.24) is 0 Å². The van der Waals surface area contributed by atoms with E-state index in [9.17, 15) is 0 Å². The van der Waals surface area contributed by atoms with Gasteiger partial charge in [-0.3, -0.25) is 0 Å². The zero-order chi connectivity index (χ0) is 11.3. The van der Waals surface area contributed by atoms with Crippen molar-refractivity contribution in [2.45, 2.75) is 25.1 Å². The normalized spacial score (nSPS) is 10.4. The molecule has 1 rings (SSSR count). The first-order valence-electron chi connectivity index (χ1n) is 5.24. The minimum Gasteiger partial charge on any atom is -0.374 e. The zero-order valence-electron chi connectivity index (χ0n) is 9.26. The Morgan fingerprint density at radius 3 is 2.73 bits per heavy atom. The van der Waals surface area contributed by atoms with Crippen LogP contribution in [0.15, 0.2) is 18.2 Å². The van der Waals surface area contributed by atoms with Gasteiger partial charge in [0.05, 0.1) is 0 Å². The summed E-state index contributed by atoms with van der Waals surface area (Å²) in [6.45, 7) is 3.30. The Morgan fingerprint density at radius 1 is 1.40 bits per heavy atom. The second-order valence-electron chi connectivity index (χ2n) is 3.68. The molecule has 0 aliphatic carbocycles. The van der Waals surface area contributed by atoms with Crippen LogP contribution < -0.4 is 4.90 Å². The molecule has 0 N–H and O–H groups in total. The average Bonchev–Trinajstić information content (AvgIpc) is 2.25. The number of halogens is 2. The van der Waals surface area contributed by atoms with E-state index in [0.29, 0.717) is 0 Å². The summed E-state index contributed by atoms with van der Waals surface area (Å²) in [5.74, 6) is 0. The number of rotatable bonds is 5. The Bertz CT molecular complexity index is 314. The van der Waals surface area contributed by atoms with E-state index < -0.39 is 0 Å². The number of anilines is 1. The summed E-state index contributed by atoms with van der Waals surface area (Å²) in [5.41, 5.74) is 2.52. The van der Waals surface area contributed by atoms with Gasteiger partial charge in [0, 0.05) is 29.6 Å². The summed E-state index contributed by atoms with van der Waals surface area (Å²) >= 11 is 9.46. The lowest BCUT2D eigenvalue weighted by Gasteiger charge is -2.21. The highest BCUT2D eigenvalue weighted by atomic mass is 79.9. The number of hydrogen-bond donors (Lipinski definition) is 0. The Labute approximate surface area is 106 Å². The number of hydrogen-bond acceptors (Lipinski definition) is 1. The fraction of sp³-hybridized carbons (Fsp3) is 0.500. The van der Waals surface area contributed by atoms with Gasteiger partial charge in [-0.2, -0.15) is 0 Å². The molecule has 1 aromatic rings. The molecule has 0 saturated heterocycles. The molecule has 0 aliphatic heterocycles. The van der Waals surface area contributed by atoms with Gasteiger partial charge in [0.2, 0.25) is 0 Å². The van der Waals surface area contributed by atoms with E-state index in [1.807, 2.05) is 12.1 Å². The molecular formula is C12H17BrClN. The number of benzene rings is 1. The molecule has 3 heteroatoms. The zero-order valence-corrected chi connectivity index (χ0v) is 11.6. The molecule has 0 atom stereocenters. The van der Waals surface area contributed by atoms with Crippen LogP contribution in [0.5, 0.6) is 0 Å². The van der Waals surface area contributed by atoms with Gasteiger partial charge >= 0.3 is 0 Å². The third-order valence-corrected chi connectivity index (χ3v) is 3.28. The van der Waals surface area contributed by atoms with E-state index in [1.54, 1.807) is 0 Å². The highest BCUT2D eigenvalue weighted by Crippen LogP contribution is 2.25. The maximum absolute atomic E-state index is 5.97. The predicted molar refractivity (Wildman–Crippen MR) is 72.3 cm³/mol. The summed E-state index contributed by atoms with van der Waals surface area (Å²) in [6.07, 6.45) is 2.45. The first-order valence-corrected chi connectivity index (χ1v) is 6.74. The van der Waals surface area contributed by atoms with E-state index in [2.05, 4.69) is 40.9 Å². The minimum absolute atomic E-state index is 0.803. The fourth-order valence-corrected chi connectivity index (χ4v) is 2.19. The second kappa shape index (κ2) is 6.39. The van der Waals surface area contributed by atoms with Crippen LogP contribution in [0.4, 0.5) is 5.69 Å². The van der Waals surface area contributed by atoms with Crippen LogP contribution in [0.3, 0.4) is 0 Å². The molecule has 0 aliphatic rings. The van der Waals surface area contributed by atoms with Crippen LogP contribution >= 0.6 is 27.5 Å². The maximum Gasteiger partial charge on any atom is 0.0410 e. The Hall–Kier alpha value is -0.210. The highest BCUT2D eigenvalue weighted by molar-refractivity contribution is 9.08. The van der Waals surface area contributed by atoms with Crippen LogP contribution in [0.25, 0.3) is 0 Å². The SMILES string of the molecule is CCCCN(C)c1ccc(Cl)cc1CBr. The quantitative estimate of drug-likeness (QED) is 0.723. The Kier molecular flexibility index (Phi) is 5.48. The van der Waals surface area contributed by atoms with Gasteiger partial charge in [0.15, 0.2) is 0 Å². The van der Waals surface area contributed by atoms with E-state index in [0.717, 1.165) is 16.9 Å². The lowest BCUT2D eigenvalue weighted by Crippen LogP contribution is -2.19. The molecule has 1 nitrogen and oxygen atoms in total. The fourth-order valence-electron chi connectivity index (χ4n) is 1.55. The Morgan fingerprint density at radius 2 is 2.13 bits per heavy atom. The molecule has 0 bridgehead atoms. The third kappa shape index (κ3) is 3.69. The molecule has 84 valence electrons. The second-order valence-corrected chi connectivity index (χ2v) is 4.68. The Balaban J connectivity index is 2.82. The lowest BCUT2D eigenvalue weighted by molar-refractivity contribution is 0.765. The molecule has 0 aromatic heterocycles. The first-order chi connectivity index (χ1) is 7.19. The maximum atomic E-state index is 5.97. The summed E-state index contributed by atoms with van der Waals surface area (Å²) < 4.78 is 0. The van der Waals surface area contributed by atoms with E-state index in [1.165, 1.54) is 24.1 Å². The van der Waals surface area contributed by atoms with Gasteiger partial charge in [-0.25, -0.2) is 0 Å². The van der Waals surface area contributed by atoms with E-state index >= 15 is 0 Å². The molecular weight excluding hydrogens is 273 g/mol. The summed E-state index contributed by atoms with van der Waals surface area (Å²) in [6, 6.07) is 6.06. The lowest BCUT2D eigenvalue weighted by atomic mass is 10.2. The third-order valence-electron chi connectivity index (χ3n) is 2.44. The molecule has 0 spiro atoms. The van der Waals surface area contributed by atoms with Crippen LogP contribution in [0.1, 0.15) is 25.3 Å². The largest absolute Gasteiger partial charge is 0.374 e. The molecule has 0 saturated carbocycles. The molecule has 15 heavy (non-hydrogen) atoms. The van der Waals surface area contributed by atoms with Gasteiger partial charge in [0.25, 0.3) is 0 Å². The standard InChI is InChI=1S/C12H17BrClN/c1-3-4-7-15(2)12-6-5-11(14)8-10(12)9-13/h5-6,8H,3-4,7,9H2,1-2H3. The molecule has 0 unspecified atom stereocenters. The topological polar surface area (TPSA) is 3.24 Å². The molecule has 1 aromatic carbocycles. The van der Waals surface area contributed by atoms with Gasteiger partial charge < -0.3 is 4.90 Å². The summed E-state index contributed by atoms with van der Waals surface area (Å²) in [5, 5.41) is 1.65. The van der Waals surface area contributed by atoms with Crippen molar-refractivity contribution >= 4 is 33.2 Å². The van der Waals surface area contributed by atoms with Gasteiger partial charge in [-0.15, -0.1) is 0 Å². The highest BCUT2D eigenvalue weighted by Gasteiger charge is 2.06. The van der Waals surface area contributed by atoms with Crippen molar-refractivity contribution in [2.24, 2.45) is 0 Å². The summed E-state index contributed by atoms with van der Waals surface area (Å²) in [4.78, 5) is 2.29. The molecule has 0 heterocycles. The van der Waals surface area contributed by atoms with Crippen molar-refractivity contribution < 1.29 is 0 Å². The molecule has 0 radical (unpaired) electrons. The van der Waals surface area contributed by atoms with Crippen molar-refractivity contribution in [2.75, 3.05) is 18.5 Å². The van der Waals surface area contributed by atoms with Crippen molar-refractivity contribution in [1.29, 1.82) is 0 Å². The van der Waals surface area contributed by atoms with Gasteiger partial charge in [-0.1, -0.05) is 40.9 Å². The number of alkyl halides is 1. The molecule has 0 fully saturated rings. The molecule has 0 amide bonds. The monoisotopic (exact) mass is 289 g/mol. The van der Waals surface area contributed by atoms with Crippen LogP contribution in [0, 0.1) is 0 Å². The van der Waals surface area contributed by atoms with E-state index in [4.69, 9.17) is 11.6 Å². The van der Waals surface area contributed by atoms with Gasteiger partial charge in [-0.05, 0) is 30.2 Å². The van der Waals surface area contributed by atoms with Crippen LogP contribution in [0.2, 0.25) is 5.02 Å². The van der Waals surface area contributed by atoms with Crippen molar-refractivity contribution in [3.8, 4) is 0 Å². The van der Waals surface area contributed by atoms with Crippen molar-refractivity contribution in [3.05, 3.63) is 28.8 Å². The predicted octanol–water partition coefficient (Wildman–Crippen LogP) is 4.47. The minimum atomic E-state index is 0.803. The van der Waals surface area contributed by atoms with Gasteiger partial charge in [0.1, 0.15) is 0 Å². The number of nitrogens with zero attached hydrogens (tertiary/aromatic N) is 1. The summed E-state index contributed by atoms with van der Waals surface area (Å²) in [7, 11) is 2.13. The number of unbranched alkanes of at least 4 members (excludes halogenated alkanes) is 1. The van der Waals surface area contributed by atoms with Crippen LogP contribution in [-0.2, 0) is 5.33 Å².